The number of carboxylic acids is 2. The first-order chi connectivity index (χ1) is 28.5. The molecule has 0 saturated heterocycles. The maximum Gasteiger partial charge on any atom is 0.327 e. The zero-order chi connectivity index (χ0) is 45.2. The van der Waals surface area contributed by atoms with Crippen molar-refractivity contribution in [2.24, 2.45) is 4.99 Å². The number of carbonyl (C=O) groups is 3. The number of carboxylic acid groups (broad SMARTS) is 2. The number of fused-ring (bicyclic) bond motifs is 2. The summed E-state index contributed by atoms with van der Waals surface area (Å²) in [6, 6.07) is 6.29. The van der Waals surface area contributed by atoms with Gasteiger partial charge in [0.2, 0.25) is 0 Å². The lowest BCUT2D eigenvalue weighted by Crippen LogP contribution is -2.39. The van der Waals surface area contributed by atoms with Gasteiger partial charge in [-0.1, -0.05) is 57.1 Å². The Balaban J connectivity index is 1.52. The molecule has 0 fully saturated rings. The van der Waals surface area contributed by atoms with Crippen LogP contribution in [0.3, 0.4) is 0 Å². The molecule has 0 radical (unpaired) electrons. The number of anilines is 1. The maximum absolute atomic E-state index is 13.5. The zero-order valence-corrected chi connectivity index (χ0v) is 36.9. The van der Waals surface area contributed by atoms with Gasteiger partial charge >= 0.3 is 17.8 Å². The van der Waals surface area contributed by atoms with Gasteiger partial charge in [0.1, 0.15) is 6.20 Å². The number of nitrogens with zero attached hydrogens (tertiary/aromatic N) is 4. The van der Waals surface area contributed by atoms with Crippen LogP contribution in [-0.2, 0) is 52.0 Å². The SMILES string of the molecule is CN(OCCCCCC(=O)O)C(=O)c1cc2c([n+](CCCS(=O)(=O)O)c1)N=C(/C=C/C=C/C=C/C=C1/N(CCCCCC(=O)O)c3ccc(S(=O)(=O)O)cc3C1(C)C)C2(C)C. The molecule has 0 spiro atoms. The first kappa shape index (κ1) is 48.7. The first-order valence-corrected chi connectivity index (χ1v) is 23.2. The molecule has 332 valence electrons. The molecule has 0 unspecified atom stereocenters. The molecule has 2 aliphatic rings. The summed E-state index contributed by atoms with van der Waals surface area (Å²) in [5.74, 6) is -2.08. The second kappa shape index (κ2) is 20.7. The lowest BCUT2D eigenvalue weighted by atomic mass is 9.81. The summed E-state index contributed by atoms with van der Waals surface area (Å²) in [5.41, 5.74) is 2.88. The molecular weight excluding hydrogens is 829 g/mol. The highest BCUT2D eigenvalue weighted by Gasteiger charge is 2.43. The fourth-order valence-corrected chi connectivity index (χ4v) is 8.33. The number of aryl methyl sites for hydroxylation is 1. The third-order valence-corrected chi connectivity index (χ3v) is 12.3. The number of hydroxylamine groups is 2. The summed E-state index contributed by atoms with van der Waals surface area (Å²) in [5, 5.41) is 19.0. The lowest BCUT2D eigenvalue weighted by Gasteiger charge is -2.27. The molecule has 0 aliphatic carbocycles. The molecule has 3 heterocycles. The van der Waals surface area contributed by atoms with Crippen LogP contribution in [0.1, 0.15) is 107 Å². The van der Waals surface area contributed by atoms with Gasteiger partial charge in [-0.15, -0.1) is 0 Å². The minimum atomic E-state index is -4.42. The van der Waals surface area contributed by atoms with Crippen LogP contribution in [0.2, 0.25) is 0 Å². The number of hydrogen-bond donors (Lipinski definition) is 4. The minimum Gasteiger partial charge on any atom is -0.481 e. The van der Waals surface area contributed by atoms with Crippen molar-refractivity contribution in [1.82, 2.24) is 5.06 Å². The highest BCUT2D eigenvalue weighted by molar-refractivity contribution is 7.86. The van der Waals surface area contributed by atoms with E-state index in [9.17, 15) is 40.3 Å². The Bertz CT molecular complexity index is 2350. The molecule has 0 bridgehead atoms. The smallest absolute Gasteiger partial charge is 0.327 e. The predicted molar refractivity (Wildman–Crippen MR) is 230 cm³/mol. The van der Waals surface area contributed by atoms with Crippen molar-refractivity contribution < 1.29 is 59.9 Å². The number of rotatable bonds is 23. The van der Waals surface area contributed by atoms with Crippen LogP contribution in [0, 0.1) is 0 Å². The second-order valence-corrected chi connectivity index (χ2v) is 19.1. The molecule has 0 atom stereocenters. The van der Waals surface area contributed by atoms with Crippen LogP contribution in [0.25, 0.3) is 0 Å². The quantitative estimate of drug-likeness (QED) is 0.0307. The van der Waals surface area contributed by atoms with Crippen molar-refractivity contribution in [1.29, 1.82) is 0 Å². The van der Waals surface area contributed by atoms with E-state index in [-0.39, 0.29) is 42.9 Å². The minimum absolute atomic E-state index is 0.0611. The molecule has 1 aromatic heterocycles. The van der Waals surface area contributed by atoms with E-state index in [1.165, 1.54) is 19.2 Å². The van der Waals surface area contributed by atoms with Gasteiger partial charge in [-0.2, -0.15) is 16.8 Å². The van der Waals surface area contributed by atoms with E-state index in [0.29, 0.717) is 56.6 Å². The van der Waals surface area contributed by atoms with Crippen molar-refractivity contribution in [3.8, 4) is 0 Å². The van der Waals surface area contributed by atoms with Crippen LogP contribution in [0.5, 0.6) is 0 Å². The number of carbonyl (C=O) groups excluding carboxylic acids is 1. The van der Waals surface area contributed by atoms with Crippen molar-refractivity contribution in [2.45, 2.75) is 108 Å². The van der Waals surface area contributed by atoms with E-state index >= 15 is 0 Å². The normalized spacial score (nSPS) is 16.5. The summed E-state index contributed by atoms with van der Waals surface area (Å²) < 4.78 is 67.8. The van der Waals surface area contributed by atoms with Gasteiger partial charge in [0, 0.05) is 49.7 Å². The second-order valence-electron chi connectivity index (χ2n) is 16.1. The molecule has 1 aromatic carbocycles. The Morgan fingerprint density at radius 2 is 1.46 bits per heavy atom. The summed E-state index contributed by atoms with van der Waals surface area (Å²) in [7, 11) is -7.15. The number of amides is 1. The average Bonchev–Trinajstić information content (AvgIpc) is 3.54. The number of aliphatic imine (C=N–C) groups is 1. The van der Waals surface area contributed by atoms with E-state index in [1.54, 1.807) is 22.9 Å². The van der Waals surface area contributed by atoms with Gasteiger partial charge in [0.15, 0.2) is 5.71 Å². The van der Waals surface area contributed by atoms with Crippen molar-refractivity contribution in [3.63, 3.8) is 0 Å². The van der Waals surface area contributed by atoms with Gasteiger partial charge in [0.25, 0.3) is 26.1 Å². The van der Waals surface area contributed by atoms with Crippen molar-refractivity contribution in [3.05, 3.63) is 95.4 Å². The van der Waals surface area contributed by atoms with E-state index in [0.717, 1.165) is 27.6 Å². The fourth-order valence-electron chi connectivity index (χ4n) is 7.33. The first-order valence-electron chi connectivity index (χ1n) is 20.1. The summed E-state index contributed by atoms with van der Waals surface area (Å²) in [6.07, 6.45) is 18.4. The molecule has 2 aromatic rings. The Kier molecular flexibility index (Phi) is 16.5. The number of pyridine rings is 1. The van der Waals surface area contributed by atoms with Crippen LogP contribution in [0.15, 0.2) is 88.6 Å². The molecule has 0 saturated carbocycles. The number of hydrogen-bond acceptors (Lipinski definition) is 10. The molecule has 18 heteroatoms. The number of aromatic nitrogens is 1. The van der Waals surface area contributed by atoms with E-state index < -0.39 is 54.7 Å². The highest BCUT2D eigenvalue weighted by atomic mass is 32.2. The third kappa shape index (κ3) is 13.2. The topological polar surface area (TPSA) is 232 Å². The summed E-state index contributed by atoms with van der Waals surface area (Å²) in [6.45, 7) is 8.83. The van der Waals surface area contributed by atoms with E-state index in [4.69, 9.17) is 20.0 Å². The Hall–Kier alpha value is -5.01. The highest BCUT2D eigenvalue weighted by Crippen LogP contribution is 2.48. The molecule has 16 nitrogen and oxygen atoms in total. The zero-order valence-electron chi connectivity index (χ0n) is 35.3. The fraction of sp³-hybridized carbons (Fsp3) is 0.465. The van der Waals surface area contributed by atoms with E-state index in [1.807, 2.05) is 70.2 Å². The Morgan fingerprint density at radius 3 is 2.10 bits per heavy atom. The van der Waals surface area contributed by atoms with Crippen molar-refractivity contribution in [2.75, 3.05) is 30.9 Å². The molecule has 61 heavy (non-hydrogen) atoms. The summed E-state index contributed by atoms with van der Waals surface area (Å²) in [4.78, 5) is 47.7. The Labute approximate surface area is 358 Å². The number of unbranched alkanes of at least 4 members (excludes halogenated alkanes) is 4. The molecule has 2 aliphatic heterocycles. The van der Waals surface area contributed by atoms with Gasteiger partial charge in [-0.25, -0.2) is 9.63 Å². The van der Waals surface area contributed by atoms with Gasteiger partial charge in [-0.3, -0.25) is 28.3 Å². The number of aliphatic carboxylic acids is 2. The van der Waals surface area contributed by atoms with Crippen molar-refractivity contribution >= 4 is 55.3 Å². The van der Waals surface area contributed by atoms with Gasteiger partial charge in [-0.05, 0) is 86.5 Å². The maximum atomic E-state index is 13.5. The van der Waals surface area contributed by atoms with Crippen LogP contribution in [0.4, 0.5) is 11.5 Å². The number of allylic oxidation sites excluding steroid dienone is 8. The molecular formula is C43H57N4O12S2+. The largest absolute Gasteiger partial charge is 0.481 e. The third-order valence-electron chi connectivity index (χ3n) is 10.7. The predicted octanol–water partition coefficient (Wildman–Crippen LogP) is 6.51. The molecule has 4 rings (SSSR count). The summed E-state index contributed by atoms with van der Waals surface area (Å²) >= 11 is 0. The van der Waals surface area contributed by atoms with E-state index in [2.05, 4.69) is 4.90 Å². The van der Waals surface area contributed by atoms with Gasteiger partial charge < -0.3 is 15.1 Å². The lowest BCUT2D eigenvalue weighted by molar-refractivity contribution is -0.684. The average molecular weight is 886 g/mol. The van der Waals surface area contributed by atoms with Crippen LogP contribution < -0.4 is 9.47 Å². The van der Waals surface area contributed by atoms with Crippen LogP contribution in [-0.4, -0.2) is 90.7 Å². The monoisotopic (exact) mass is 885 g/mol. The molecule has 4 N–H and O–H groups in total. The Morgan fingerprint density at radius 1 is 0.820 bits per heavy atom. The van der Waals surface area contributed by atoms with Crippen LogP contribution >= 0.6 is 0 Å². The molecule has 1 amide bonds. The van der Waals surface area contributed by atoms with Gasteiger partial charge in [0.05, 0.1) is 40.3 Å². The number of benzene rings is 1. The standard InChI is InChI=1S/C43H56N4O12S2/c1-42(2)34-28-31(41(52)45(5)59-26-16-10-14-21-39(50)51)30-46(24-17-27-60(53,54)55)40(34)44-36(42)18-11-7-6-8-12-19-37-43(3,4)33-29-32(61(56,57)58)22-23-35(33)47(37)25-15-9-13-20-38(48)49/h6-8,11-12,18-19,22-23,28-30H,9-10,13-17,20-21,24-27H2,1-5H3,(H3-,48,49,50,51,53,54,55,56,57,58)/p+1.